The van der Waals surface area contributed by atoms with Gasteiger partial charge in [0, 0.05) is 187 Å². The molecule has 23 nitrogen and oxygen atoms in total. The number of hydrogen-bond donors (Lipinski definition) is 5. The molecule has 6 aromatic rings. The van der Waals surface area contributed by atoms with Crippen LogP contribution in [-0.2, 0) is 91.8 Å². The summed E-state index contributed by atoms with van der Waals surface area (Å²) >= 11 is 7.55. The molecule has 4 unspecified atom stereocenters. The fraction of sp³-hybridized carbons (Fsp3) is 0.559. The first kappa shape index (κ1) is 92.3. The van der Waals surface area contributed by atoms with Crippen molar-refractivity contribution in [3.05, 3.63) is 169 Å². The number of piperidine rings is 1. The van der Waals surface area contributed by atoms with Gasteiger partial charge in [0.25, 0.3) is 0 Å². The average molecular weight is 1780 g/mol. The Kier molecular flexibility index (Phi) is 26.1. The van der Waals surface area contributed by atoms with Crippen molar-refractivity contribution >= 4 is 110 Å². The zero-order chi connectivity index (χ0) is 84.0. The SMILES string of the molecule is CCC1=C[C@@H]2CN(CCc3c([nH]c4ccc(Br)cc34)[C@@](C)(c3cc4c(cc3C)N(C)C3[C@]45CCN4CC=C[C@@](CC)([C@@H](OC(C)=O)[C@]3(O)C(=O)OC)[C@H]45)C2)C1.CC[C@]1(O)C[C@@H]2CN(CCc3c([nH]c4ccc(Br)cc34)[C@@](C)(c3cc4c(cc3C)N(C)C3[C@]45CCN4CC=C[C@@](CC)([C@@H](OC(C)=O)[C@]3(O)C(=O)OC)[C@H]45)C2)C1.O=C=O.O=C=O.[B].[CH3-].[Na+]. The van der Waals surface area contributed by atoms with Crippen molar-refractivity contribution in [3.8, 4) is 0 Å². The Bertz CT molecular complexity index is 5190. The number of carbonyl (C=O) groups excluding carboxylic acids is 8. The van der Waals surface area contributed by atoms with E-state index in [-0.39, 0.29) is 81.1 Å². The second kappa shape index (κ2) is 33.9. The van der Waals surface area contributed by atoms with Crippen LogP contribution in [0.2, 0.25) is 0 Å². The zero-order valence-corrected chi connectivity index (χ0v) is 77.6. The molecule has 10 aliphatic heterocycles. The molecule has 2 spiro atoms. The molecule has 2 saturated carbocycles. The summed E-state index contributed by atoms with van der Waals surface area (Å²) < 4.78 is 25.5. The Hall–Kier alpha value is -6.84. The Morgan fingerprint density at radius 1 is 0.583 bits per heavy atom. The number of anilines is 2. The minimum atomic E-state index is -2.16. The number of nitrogens with one attached hydrogen (secondary N) is 2. The van der Waals surface area contributed by atoms with Gasteiger partial charge in [0.15, 0.2) is 12.2 Å². The number of hydrogen-bond acceptors (Lipinski definition) is 21. The van der Waals surface area contributed by atoms with Gasteiger partial charge in [0.05, 0.1) is 31.9 Å². The largest absolute Gasteiger partial charge is 1.00 e. The molecule has 5 fully saturated rings. The average Bonchev–Trinajstić information content (AvgIpc) is 1.47. The summed E-state index contributed by atoms with van der Waals surface area (Å²) in [7, 11) is 6.61. The molecule has 3 radical (unpaired) electrons. The van der Waals surface area contributed by atoms with E-state index in [2.05, 4.69) is 218 Å². The molecule has 0 amide bonds. The van der Waals surface area contributed by atoms with Crippen molar-refractivity contribution in [2.24, 2.45) is 22.7 Å². The van der Waals surface area contributed by atoms with Gasteiger partial charge in [-0.05, 0) is 216 Å². The van der Waals surface area contributed by atoms with Crippen LogP contribution in [0.15, 0.2) is 106 Å². The molecule has 2 aromatic heterocycles. The number of carbonyl (C=O) groups is 4. The van der Waals surface area contributed by atoms with E-state index in [9.17, 15) is 34.5 Å². The van der Waals surface area contributed by atoms with Crippen LogP contribution in [0.5, 0.6) is 0 Å². The standard InChI is InChI=1S/C45H57BrN4O6.C45H55BrN4O5.2CO2.CH3.B.Na/c1-8-42(53)23-28-22-41(5,36-30(13-17-49(24-28)25-42)31-20-29(46)11-12-34(31)47-36)32-21-33-35(19-26(32)3)48(6)38-44(33)15-18-50-16-10-14-43(9-2,37(44)50)39(56-27(4)51)45(38,54)40(52)55-7;1-8-28-20-29-23-42(5,37-31(13-17-49(24-28)25-29)32-21-30(46)11-12-35(32)47-37)33-22-34-36(19-26(33)3)48(6)39-44(34)15-18-50-16-10-14-43(9-2,38(44)50)40(55-27(4)51)45(39,53)41(52)54-7;2*2-1-3;;;/h10-12,14,19-21,28,37-39,47,53-54H,8-9,13,15-18,22-25H2,1-7H3;10-12,14,19-22,29,38-40,47,53H,8-9,13,15-18,23-25H2,1-7H3;;;1H3;;/q;;;;-1;;+1/t28-,37+,38?,39-,41-,42+,43-,44-,45+;29-,38-,39?,40+,42+,43+,44+,45-;;;;;/m10...../s1. The maximum Gasteiger partial charge on any atom is 1.00 e. The molecular formula is C93H115BBr2N8NaO15. The molecule has 4 bridgehead atoms. The van der Waals surface area contributed by atoms with Gasteiger partial charge in [-0.25, -0.2) is 9.59 Å². The van der Waals surface area contributed by atoms with Crippen molar-refractivity contribution in [2.45, 2.75) is 215 Å². The fourth-order valence-corrected chi connectivity index (χ4v) is 27.3. The van der Waals surface area contributed by atoms with Gasteiger partial charge in [-0.2, -0.15) is 19.2 Å². The van der Waals surface area contributed by atoms with Crippen LogP contribution in [0.3, 0.4) is 0 Å². The number of halogens is 2. The van der Waals surface area contributed by atoms with Gasteiger partial charge >= 0.3 is 65.7 Å². The number of benzene rings is 4. The quantitative estimate of drug-likeness (QED) is 0.0282. The molecular weight excluding hydrogens is 1660 g/mol. The third-order valence-corrected chi connectivity index (χ3v) is 31.5. The molecule has 5 N–H and O–H groups in total. The Morgan fingerprint density at radius 3 is 1.43 bits per heavy atom. The number of aliphatic hydroxyl groups is 3. The Balaban J connectivity index is 0.000000202. The summed E-state index contributed by atoms with van der Waals surface area (Å²) in [6.07, 6.45) is 18.0. The van der Waals surface area contributed by atoms with Crippen LogP contribution < -0.4 is 39.4 Å². The van der Waals surface area contributed by atoms with Crippen molar-refractivity contribution in [1.82, 2.24) is 29.6 Å². The molecule has 27 heteroatoms. The van der Waals surface area contributed by atoms with Gasteiger partial charge in [0.2, 0.25) is 11.2 Å². The topological polar surface area (TPSA) is 285 Å². The van der Waals surface area contributed by atoms with Crippen LogP contribution in [0.25, 0.3) is 21.8 Å². The number of esters is 4. The van der Waals surface area contributed by atoms with E-state index in [4.69, 9.17) is 38.1 Å². The van der Waals surface area contributed by atoms with Gasteiger partial charge in [0.1, 0.15) is 0 Å². The van der Waals surface area contributed by atoms with Gasteiger partial charge < -0.3 is 61.5 Å². The predicted octanol–water partition coefficient (Wildman–Crippen LogP) is 8.51. The fourth-order valence-electron chi connectivity index (χ4n) is 26.6. The van der Waals surface area contributed by atoms with Crippen LogP contribution >= 0.6 is 31.9 Å². The third-order valence-electron chi connectivity index (χ3n) is 30.5. The van der Waals surface area contributed by atoms with Crippen LogP contribution in [-0.4, -0.2) is 236 Å². The second-order valence-corrected chi connectivity index (χ2v) is 38.1. The van der Waals surface area contributed by atoms with Crippen molar-refractivity contribution in [2.75, 3.05) is 104 Å². The van der Waals surface area contributed by atoms with E-state index < -0.39 is 92.0 Å². The predicted molar refractivity (Wildman–Crippen MR) is 461 cm³/mol. The first-order chi connectivity index (χ1) is 55.7. The number of H-pyrrole nitrogens is 2. The molecule has 18 rings (SSSR count). The van der Waals surface area contributed by atoms with E-state index in [0.717, 1.165) is 159 Å². The number of aromatic amines is 2. The summed E-state index contributed by atoms with van der Waals surface area (Å²) in [5, 5.41) is 40.9. The Labute approximate surface area is 745 Å². The maximum absolute atomic E-state index is 14.3. The summed E-state index contributed by atoms with van der Waals surface area (Å²) in [4.78, 5) is 109. The van der Waals surface area contributed by atoms with Gasteiger partial charge in [-0.3, -0.25) is 29.2 Å². The van der Waals surface area contributed by atoms with Crippen molar-refractivity contribution in [3.63, 3.8) is 0 Å². The summed E-state index contributed by atoms with van der Waals surface area (Å²) in [6, 6.07) is 20.9. The first-order valence-corrected chi connectivity index (χ1v) is 43.3. The van der Waals surface area contributed by atoms with Gasteiger partial charge in [-0.15, -0.1) is 0 Å². The zero-order valence-electron chi connectivity index (χ0n) is 72.4. The van der Waals surface area contributed by atoms with Crippen LogP contribution in [0.4, 0.5) is 11.4 Å². The maximum atomic E-state index is 14.3. The van der Waals surface area contributed by atoms with Crippen LogP contribution in [0, 0.1) is 43.9 Å². The third kappa shape index (κ3) is 13.7. The second-order valence-electron chi connectivity index (χ2n) is 36.3. The smallest absolute Gasteiger partial charge is 0.467 e. The number of ether oxygens (including phenoxy) is 4. The Morgan fingerprint density at radius 2 is 1.02 bits per heavy atom. The number of rotatable bonds is 10. The van der Waals surface area contributed by atoms with E-state index >= 15 is 0 Å². The van der Waals surface area contributed by atoms with E-state index in [1.807, 2.05) is 14.1 Å². The summed E-state index contributed by atoms with van der Waals surface area (Å²) in [5.74, 6) is -1.98. The molecule has 120 heavy (non-hydrogen) atoms. The molecule has 12 heterocycles. The van der Waals surface area contributed by atoms with Crippen molar-refractivity contribution in [1.29, 1.82) is 0 Å². The normalized spacial score (nSPS) is 34.7. The molecule has 19 atom stereocenters. The molecule has 12 aliphatic rings. The van der Waals surface area contributed by atoms with E-state index in [1.54, 1.807) is 0 Å². The molecule has 4 aromatic carbocycles. The minimum absolute atomic E-state index is 0. The van der Waals surface area contributed by atoms with E-state index in [0.29, 0.717) is 25.3 Å². The van der Waals surface area contributed by atoms with Gasteiger partial charge in [-0.1, -0.05) is 108 Å². The number of aromatic nitrogens is 2. The number of aryl methyl sites for hydroxylation is 2. The number of nitrogens with zero attached hydrogens (tertiary/aromatic N) is 6. The molecule has 2 aliphatic carbocycles. The number of methoxy groups -OCH3 is 2. The van der Waals surface area contributed by atoms with E-state index in [1.165, 1.54) is 89.2 Å². The minimum Gasteiger partial charge on any atom is -0.467 e. The molecule has 3 saturated heterocycles. The number of fused-ring (bicyclic) bond motifs is 12. The van der Waals surface area contributed by atoms with Crippen LogP contribution in [0.1, 0.15) is 169 Å². The number of likely N-dealkylation sites (N-methyl/N-ethyl adjacent to an activating group) is 2. The first-order valence-electron chi connectivity index (χ1n) is 41.7. The monoisotopic (exact) mass is 1780 g/mol. The summed E-state index contributed by atoms with van der Waals surface area (Å²) in [6.45, 7) is 29.2. The van der Waals surface area contributed by atoms with Crippen molar-refractivity contribution < 1.29 is 102 Å². The molecule has 635 valence electrons. The summed E-state index contributed by atoms with van der Waals surface area (Å²) in [5.41, 5.74) is 9.18.